The Morgan fingerprint density at radius 3 is 2.77 bits per heavy atom. The highest BCUT2D eigenvalue weighted by Crippen LogP contribution is 2.22. The van der Waals surface area contributed by atoms with E-state index in [-0.39, 0.29) is 23.9 Å². The van der Waals surface area contributed by atoms with Gasteiger partial charge in [0.05, 0.1) is 31.0 Å². The molecular formula is C23H26N4O3. The van der Waals surface area contributed by atoms with Crippen LogP contribution in [0.15, 0.2) is 59.5 Å². The lowest BCUT2D eigenvalue weighted by atomic mass is 10.0. The van der Waals surface area contributed by atoms with Crippen LogP contribution in [0.25, 0.3) is 10.9 Å². The topological polar surface area (TPSA) is 76.5 Å². The number of nitrogens with zero attached hydrogens (tertiary/aromatic N) is 3. The van der Waals surface area contributed by atoms with Crippen LogP contribution in [0.2, 0.25) is 0 Å². The van der Waals surface area contributed by atoms with Gasteiger partial charge in [-0.15, -0.1) is 0 Å². The van der Waals surface area contributed by atoms with Gasteiger partial charge in [-0.3, -0.25) is 19.2 Å². The molecule has 0 radical (unpaired) electrons. The molecule has 0 saturated carbocycles. The Kier molecular flexibility index (Phi) is 6.21. The zero-order valence-corrected chi connectivity index (χ0v) is 17.1. The standard InChI is InChI=1S/C23H26N4O3/c1-17-5-4-6-18(13-17)21(26-9-11-30-12-10-26)14-24-23(29)16-27-20-8-3-2-7-19(20)22(28)15-25-27/h2-8,13,15,21H,9-12,14,16H2,1H3,(H,24,29). The summed E-state index contributed by atoms with van der Waals surface area (Å²) in [6.07, 6.45) is 1.26. The average Bonchev–Trinajstić information content (AvgIpc) is 2.77. The fraction of sp³-hybridized carbons (Fsp3) is 0.348. The van der Waals surface area contributed by atoms with Gasteiger partial charge in [-0.2, -0.15) is 5.10 Å². The van der Waals surface area contributed by atoms with Crippen LogP contribution in [0, 0.1) is 6.92 Å². The second kappa shape index (κ2) is 9.19. The Morgan fingerprint density at radius 1 is 1.17 bits per heavy atom. The molecule has 2 aromatic carbocycles. The lowest BCUT2D eigenvalue weighted by Crippen LogP contribution is -2.44. The number of para-hydroxylation sites is 1. The fourth-order valence-electron chi connectivity index (χ4n) is 3.91. The van der Waals surface area contributed by atoms with Gasteiger partial charge in [0.2, 0.25) is 11.3 Å². The van der Waals surface area contributed by atoms with E-state index in [0.717, 1.165) is 13.1 Å². The van der Waals surface area contributed by atoms with Crippen molar-refractivity contribution in [1.82, 2.24) is 20.0 Å². The maximum atomic E-state index is 12.7. The molecule has 2 heterocycles. The maximum absolute atomic E-state index is 12.7. The zero-order chi connectivity index (χ0) is 20.9. The molecule has 7 heteroatoms. The fourth-order valence-corrected chi connectivity index (χ4v) is 3.91. The lowest BCUT2D eigenvalue weighted by molar-refractivity contribution is -0.122. The first-order valence-corrected chi connectivity index (χ1v) is 10.2. The summed E-state index contributed by atoms with van der Waals surface area (Å²) in [5, 5.41) is 7.78. The number of nitrogens with one attached hydrogen (secondary N) is 1. The van der Waals surface area contributed by atoms with Crippen molar-refractivity contribution >= 4 is 16.8 Å². The molecule has 1 aliphatic heterocycles. The minimum absolute atomic E-state index is 0.0600. The summed E-state index contributed by atoms with van der Waals surface area (Å²) in [4.78, 5) is 27.1. The van der Waals surface area contributed by atoms with E-state index in [4.69, 9.17) is 4.74 Å². The van der Waals surface area contributed by atoms with E-state index in [1.54, 1.807) is 16.8 Å². The number of aryl methyl sites for hydroxylation is 1. The molecule has 1 amide bonds. The van der Waals surface area contributed by atoms with Crippen molar-refractivity contribution in [3.8, 4) is 0 Å². The van der Waals surface area contributed by atoms with E-state index in [2.05, 4.69) is 46.5 Å². The predicted molar refractivity (Wildman–Crippen MR) is 115 cm³/mol. The number of carbonyl (C=O) groups is 1. The molecule has 1 aromatic heterocycles. The molecule has 1 atom stereocenters. The van der Waals surface area contributed by atoms with E-state index in [1.807, 2.05) is 12.1 Å². The Bertz CT molecular complexity index is 1090. The summed E-state index contributed by atoms with van der Waals surface area (Å²) >= 11 is 0. The number of morpholine rings is 1. The Labute approximate surface area is 175 Å². The van der Waals surface area contributed by atoms with E-state index in [9.17, 15) is 9.59 Å². The van der Waals surface area contributed by atoms with Crippen molar-refractivity contribution in [3.63, 3.8) is 0 Å². The highest BCUT2D eigenvalue weighted by molar-refractivity contribution is 5.81. The molecule has 156 valence electrons. The summed E-state index contributed by atoms with van der Waals surface area (Å²) in [6, 6.07) is 15.7. The van der Waals surface area contributed by atoms with Crippen LogP contribution in [0.4, 0.5) is 0 Å². The van der Waals surface area contributed by atoms with Crippen LogP contribution >= 0.6 is 0 Å². The third-order valence-electron chi connectivity index (χ3n) is 5.46. The Morgan fingerprint density at radius 2 is 1.97 bits per heavy atom. The number of hydrogen-bond donors (Lipinski definition) is 1. The van der Waals surface area contributed by atoms with Crippen LogP contribution in [-0.4, -0.2) is 53.4 Å². The second-order valence-corrected chi connectivity index (χ2v) is 7.57. The van der Waals surface area contributed by atoms with Crippen LogP contribution in [-0.2, 0) is 16.1 Å². The summed E-state index contributed by atoms with van der Waals surface area (Å²) in [6.45, 7) is 5.70. The van der Waals surface area contributed by atoms with Crippen LogP contribution < -0.4 is 10.7 Å². The molecule has 4 rings (SSSR count). The second-order valence-electron chi connectivity index (χ2n) is 7.57. The molecule has 0 aliphatic carbocycles. The Balaban J connectivity index is 1.49. The monoisotopic (exact) mass is 406 g/mol. The van der Waals surface area contributed by atoms with Crippen LogP contribution in [0.1, 0.15) is 17.2 Å². The Hall–Kier alpha value is -3.03. The smallest absolute Gasteiger partial charge is 0.241 e. The molecule has 0 bridgehead atoms. The highest BCUT2D eigenvalue weighted by atomic mass is 16.5. The van der Waals surface area contributed by atoms with E-state index in [1.165, 1.54) is 17.3 Å². The molecule has 7 nitrogen and oxygen atoms in total. The van der Waals surface area contributed by atoms with Gasteiger partial charge in [-0.05, 0) is 24.6 Å². The summed E-state index contributed by atoms with van der Waals surface area (Å²) in [5.74, 6) is -0.137. The quantitative estimate of drug-likeness (QED) is 0.677. The first-order valence-electron chi connectivity index (χ1n) is 10.2. The molecule has 1 unspecified atom stereocenters. The third-order valence-corrected chi connectivity index (χ3v) is 5.46. The molecular weight excluding hydrogens is 380 g/mol. The van der Waals surface area contributed by atoms with Crippen molar-refractivity contribution in [2.24, 2.45) is 0 Å². The van der Waals surface area contributed by atoms with Gasteiger partial charge in [0.1, 0.15) is 6.54 Å². The minimum Gasteiger partial charge on any atom is -0.379 e. The number of benzene rings is 2. The maximum Gasteiger partial charge on any atom is 0.241 e. The molecule has 0 spiro atoms. The molecule has 3 aromatic rings. The van der Waals surface area contributed by atoms with Gasteiger partial charge in [0, 0.05) is 25.0 Å². The molecule has 30 heavy (non-hydrogen) atoms. The zero-order valence-electron chi connectivity index (χ0n) is 17.1. The normalized spacial score (nSPS) is 15.8. The third kappa shape index (κ3) is 4.58. The van der Waals surface area contributed by atoms with Crippen molar-refractivity contribution in [2.75, 3.05) is 32.8 Å². The van der Waals surface area contributed by atoms with Gasteiger partial charge < -0.3 is 10.1 Å². The summed E-state index contributed by atoms with van der Waals surface area (Å²) in [7, 11) is 0. The first-order chi connectivity index (χ1) is 14.6. The SMILES string of the molecule is Cc1cccc(C(CNC(=O)Cn2ncc(=O)c3ccccc32)N2CCOCC2)c1. The number of aromatic nitrogens is 2. The molecule has 1 N–H and O–H groups in total. The number of hydrogen-bond acceptors (Lipinski definition) is 5. The number of fused-ring (bicyclic) bond motifs is 1. The van der Waals surface area contributed by atoms with E-state index in [0.29, 0.717) is 30.7 Å². The largest absolute Gasteiger partial charge is 0.379 e. The van der Waals surface area contributed by atoms with E-state index >= 15 is 0 Å². The lowest BCUT2D eigenvalue weighted by Gasteiger charge is -2.35. The molecule has 1 aliphatic rings. The van der Waals surface area contributed by atoms with Crippen molar-refractivity contribution < 1.29 is 9.53 Å². The first kappa shape index (κ1) is 20.3. The number of amides is 1. The summed E-state index contributed by atoms with van der Waals surface area (Å²) < 4.78 is 7.07. The number of ether oxygens (including phenoxy) is 1. The van der Waals surface area contributed by atoms with Crippen molar-refractivity contribution in [1.29, 1.82) is 0 Å². The molecule has 1 saturated heterocycles. The van der Waals surface area contributed by atoms with Gasteiger partial charge in [-0.25, -0.2) is 0 Å². The van der Waals surface area contributed by atoms with Crippen LogP contribution in [0.3, 0.4) is 0 Å². The van der Waals surface area contributed by atoms with Crippen LogP contribution in [0.5, 0.6) is 0 Å². The minimum atomic E-state index is -0.144. The number of rotatable bonds is 6. The highest BCUT2D eigenvalue weighted by Gasteiger charge is 2.23. The van der Waals surface area contributed by atoms with Crippen molar-refractivity contribution in [2.45, 2.75) is 19.5 Å². The van der Waals surface area contributed by atoms with Gasteiger partial charge in [0.25, 0.3) is 0 Å². The average molecular weight is 406 g/mol. The van der Waals surface area contributed by atoms with Gasteiger partial charge in [0.15, 0.2) is 0 Å². The van der Waals surface area contributed by atoms with Gasteiger partial charge in [-0.1, -0.05) is 42.0 Å². The summed E-state index contributed by atoms with van der Waals surface area (Å²) in [5.41, 5.74) is 2.89. The van der Waals surface area contributed by atoms with Crippen molar-refractivity contribution in [3.05, 3.63) is 76.1 Å². The number of carbonyl (C=O) groups excluding carboxylic acids is 1. The molecule has 1 fully saturated rings. The van der Waals surface area contributed by atoms with E-state index < -0.39 is 0 Å². The predicted octanol–water partition coefficient (Wildman–Crippen LogP) is 1.89. The van der Waals surface area contributed by atoms with Gasteiger partial charge >= 0.3 is 0 Å².